The van der Waals surface area contributed by atoms with E-state index in [0.29, 0.717) is 24.3 Å². The minimum absolute atomic E-state index is 0.129. The Morgan fingerprint density at radius 2 is 1.92 bits per heavy atom. The predicted molar refractivity (Wildman–Crippen MR) is 93.4 cm³/mol. The van der Waals surface area contributed by atoms with E-state index in [-0.39, 0.29) is 12.6 Å². The Kier molecular flexibility index (Phi) is 4.44. The van der Waals surface area contributed by atoms with E-state index in [1.165, 1.54) is 0 Å². The molecule has 24 heavy (non-hydrogen) atoms. The van der Waals surface area contributed by atoms with Gasteiger partial charge in [0, 0.05) is 17.7 Å². The first kappa shape index (κ1) is 16.3. The summed E-state index contributed by atoms with van der Waals surface area (Å²) in [5.74, 6) is 0.669. The van der Waals surface area contributed by atoms with Crippen molar-refractivity contribution < 1.29 is 14.6 Å². The molecular formula is C19H22N2O3. The summed E-state index contributed by atoms with van der Waals surface area (Å²) in [6.07, 6.45) is 0.438. The third-order valence-electron chi connectivity index (χ3n) is 4.18. The third-order valence-corrected chi connectivity index (χ3v) is 4.18. The fourth-order valence-electron chi connectivity index (χ4n) is 3.07. The van der Waals surface area contributed by atoms with Gasteiger partial charge in [-0.05, 0) is 43.2 Å². The molecule has 0 aromatic heterocycles. The van der Waals surface area contributed by atoms with E-state index in [1.807, 2.05) is 56.3 Å². The number of fused-ring (bicyclic) bond motifs is 1. The number of carbonyl (C=O) groups excluding carboxylic acids is 1. The summed E-state index contributed by atoms with van der Waals surface area (Å²) in [5.41, 5.74) is 2.51. The van der Waals surface area contributed by atoms with Crippen LogP contribution in [0.15, 0.2) is 42.5 Å². The number of para-hydroxylation sites is 1. The van der Waals surface area contributed by atoms with Crippen LogP contribution in [0.25, 0.3) is 0 Å². The molecule has 0 saturated carbocycles. The van der Waals surface area contributed by atoms with Crippen molar-refractivity contribution in [2.45, 2.75) is 25.9 Å². The maximum absolute atomic E-state index is 12.2. The molecule has 1 aliphatic heterocycles. The fraction of sp³-hybridized carbons (Fsp3) is 0.316. The van der Waals surface area contributed by atoms with Gasteiger partial charge in [0.05, 0.1) is 13.2 Å². The van der Waals surface area contributed by atoms with Gasteiger partial charge in [-0.3, -0.25) is 0 Å². The maximum Gasteiger partial charge on any atom is 0.319 e. The Hall–Kier alpha value is -2.53. The van der Waals surface area contributed by atoms with E-state index in [1.54, 1.807) is 0 Å². The zero-order chi connectivity index (χ0) is 17.2. The van der Waals surface area contributed by atoms with Crippen LogP contribution in [-0.2, 0) is 5.60 Å². The van der Waals surface area contributed by atoms with E-state index in [4.69, 9.17) is 4.74 Å². The smallest absolute Gasteiger partial charge is 0.319 e. The Bertz CT molecular complexity index is 740. The Morgan fingerprint density at radius 1 is 1.21 bits per heavy atom. The SMILES string of the molecule is Cc1cc(C)cc(NC(=O)NCC2(O)CCOc3ccccc32)c1. The lowest BCUT2D eigenvalue weighted by Gasteiger charge is -2.34. The van der Waals surface area contributed by atoms with Crippen LogP contribution in [0.5, 0.6) is 5.75 Å². The fourth-order valence-corrected chi connectivity index (χ4v) is 3.07. The van der Waals surface area contributed by atoms with Crippen LogP contribution in [0.3, 0.4) is 0 Å². The molecule has 1 unspecified atom stereocenters. The summed E-state index contributed by atoms with van der Waals surface area (Å²) in [4.78, 5) is 12.2. The molecule has 5 nitrogen and oxygen atoms in total. The normalized spacial score (nSPS) is 19.1. The summed E-state index contributed by atoms with van der Waals surface area (Å²) in [5, 5.41) is 16.5. The quantitative estimate of drug-likeness (QED) is 0.812. The van der Waals surface area contributed by atoms with Crippen LogP contribution in [0.4, 0.5) is 10.5 Å². The van der Waals surface area contributed by atoms with Crippen LogP contribution in [0.1, 0.15) is 23.1 Å². The van der Waals surface area contributed by atoms with Gasteiger partial charge in [-0.1, -0.05) is 24.3 Å². The van der Waals surface area contributed by atoms with E-state index in [9.17, 15) is 9.90 Å². The minimum atomic E-state index is -1.12. The molecular weight excluding hydrogens is 304 g/mol. The molecule has 5 heteroatoms. The molecule has 2 amide bonds. The van der Waals surface area contributed by atoms with E-state index < -0.39 is 5.60 Å². The van der Waals surface area contributed by atoms with Gasteiger partial charge in [0.25, 0.3) is 0 Å². The first-order valence-electron chi connectivity index (χ1n) is 8.04. The molecule has 3 N–H and O–H groups in total. The Labute approximate surface area is 141 Å². The van der Waals surface area contributed by atoms with Crippen molar-refractivity contribution in [1.82, 2.24) is 5.32 Å². The number of nitrogens with one attached hydrogen (secondary N) is 2. The van der Waals surface area contributed by atoms with Gasteiger partial charge in [-0.15, -0.1) is 0 Å². The monoisotopic (exact) mass is 326 g/mol. The second-order valence-electron chi connectivity index (χ2n) is 6.31. The average Bonchev–Trinajstić information content (AvgIpc) is 2.53. The highest BCUT2D eigenvalue weighted by Crippen LogP contribution is 2.36. The molecule has 1 atom stereocenters. The topological polar surface area (TPSA) is 70.6 Å². The zero-order valence-electron chi connectivity index (χ0n) is 13.9. The minimum Gasteiger partial charge on any atom is -0.493 e. The summed E-state index contributed by atoms with van der Waals surface area (Å²) in [6, 6.07) is 12.9. The number of hydrogen-bond acceptors (Lipinski definition) is 3. The van der Waals surface area contributed by atoms with Crippen LogP contribution < -0.4 is 15.4 Å². The molecule has 1 aliphatic rings. The van der Waals surface area contributed by atoms with Crippen molar-refractivity contribution in [2.75, 3.05) is 18.5 Å². The number of amides is 2. The molecule has 0 aliphatic carbocycles. The largest absolute Gasteiger partial charge is 0.493 e. The molecule has 0 saturated heterocycles. The van der Waals surface area contributed by atoms with Gasteiger partial charge in [0.1, 0.15) is 11.4 Å². The Morgan fingerprint density at radius 3 is 2.67 bits per heavy atom. The standard InChI is InChI=1S/C19H22N2O3/c1-13-9-14(2)11-15(10-13)21-18(22)20-12-19(23)7-8-24-17-6-4-3-5-16(17)19/h3-6,9-11,23H,7-8,12H2,1-2H3,(H2,20,21,22). The van der Waals surface area contributed by atoms with Crippen LogP contribution in [-0.4, -0.2) is 24.3 Å². The zero-order valence-corrected chi connectivity index (χ0v) is 13.9. The molecule has 0 spiro atoms. The average molecular weight is 326 g/mol. The summed E-state index contributed by atoms with van der Waals surface area (Å²) < 4.78 is 5.56. The number of benzene rings is 2. The van der Waals surface area contributed by atoms with Crippen LogP contribution >= 0.6 is 0 Å². The third kappa shape index (κ3) is 3.51. The van der Waals surface area contributed by atoms with Crippen molar-refractivity contribution in [3.63, 3.8) is 0 Å². The highest BCUT2D eigenvalue weighted by Gasteiger charge is 2.35. The van der Waals surface area contributed by atoms with Gasteiger partial charge < -0.3 is 20.5 Å². The van der Waals surface area contributed by atoms with Gasteiger partial charge >= 0.3 is 6.03 Å². The molecule has 0 bridgehead atoms. The van der Waals surface area contributed by atoms with Crippen molar-refractivity contribution >= 4 is 11.7 Å². The first-order chi connectivity index (χ1) is 11.5. The second-order valence-corrected chi connectivity index (χ2v) is 6.31. The van der Waals surface area contributed by atoms with E-state index in [2.05, 4.69) is 10.6 Å². The van der Waals surface area contributed by atoms with Gasteiger partial charge in [-0.25, -0.2) is 4.79 Å². The molecule has 126 valence electrons. The molecule has 2 aromatic carbocycles. The van der Waals surface area contributed by atoms with Crippen molar-refractivity contribution in [1.29, 1.82) is 0 Å². The van der Waals surface area contributed by atoms with Crippen LogP contribution in [0, 0.1) is 13.8 Å². The van der Waals surface area contributed by atoms with Crippen molar-refractivity contribution in [2.24, 2.45) is 0 Å². The number of hydrogen-bond donors (Lipinski definition) is 3. The number of aliphatic hydroxyl groups is 1. The predicted octanol–water partition coefficient (Wildman–Crippen LogP) is 3.10. The lowest BCUT2D eigenvalue weighted by Crippen LogP contribution is -2.45. The van der Waals surface area contributed by atoms with E-state index in [0.717, 1.165) is 16.8 Å². The first-order valence-corrected chi connectivity index (χ1v) is 8.04. The number of rotatable bonds is 3. The lowest BCUT2D eigenvalue weighted by atomic mass is 9.88. The summed E-state index contributed by atoms with van der Waals surface area (Å²) in [6.45, 7) is 4.52. The van der Waals surface area contributed by atoms with Gasteiger partial charge in [0.2, 0.25) is 0 Å². The Balaban J connectivity index is 1.66. The highest BCUT2D eigenvalue weighted by atomic mass is 16.5. The van der Waals surface area contributed by atoms with Gasteiger partial charge in [0.15, 0.2) is 0 Å². The lowest BCUT2D eigenvalue weighted by molar-refractivity contribution is 0.000398. The number of anilines is 1. The molecule has 0 fully saturated rings. The number of ether oxygens (including phenoxy) is 1. The molecule has 2 aromatic rings. The highest BCUT2D eigenvalue weighted by molar-refractivity contribution is 5.89. The number of aryl methyl sites for hydroxylation is 2. The molecule has 1 heterocycles. The van der Waals surface area contributed by atoms with Crippen LogP contribution in [0.2, 0.25) is 0 Å². The number of carbonyl (C=O) groups is 1. The summed E-state index contributed by atoms with van der Waals surface area (Å²) in [7, 11) is 0. The van der Waals surface area contributed by atoms with Gasteiger partial charge in [-0.2, -0.15) is 0 Å². The summed E-state index contributed by atoms with van der Waals surface area (Å²) >= 11 is 0. The maximum atomic E-state index is 12.2. The van der Waals surface area contributed by atoms with Crippen molar-refractivity contribution in [3.05, 3.63) is 59.2 Å². The number of urea groups is 1. The molecule has 0 radical (unpaired) electrons. The van der Waals surface area contributed by atoms with Crippen molar-refractivity contribution in [3.8, 4) is 5.75 Å². The second kappa shape index (κ2) is 6.53. The molecule has 3 rings (SSSR count). The van der Waals surface area contributed by atoms with E-state index >= 15 is 0 Å².